The van der Waals surface area contributed by atoms with Crippen LogP contribution in [0.3, 0.4) is 0 Å². The highest BCUT2D eigenvalue weighted by Crippen LogP contribution is 2.12. The Kier molecular flexibility index (Phi) is 5.00. The van der Waals surface area contributed by atoms with Gasteiger partial charge < -0.3 is 10.4 Å². The van der Waals surface area contributed by atoms with Crippen molar-refractivity contribution in [1.29, 1.82) is 0 Å². The lowest BCUT2D eigenvalue weighted by Gasteiger charge is -2.09. The van der Waals surface area contributed by atoms with Crippen molar-refractivity contribution < 1.29 is 5.11 Å². The van der Waals surface area contributed by atoms with E-state index in [0.717, 1.165) is 25.1 Å². The van der Waals surface area contributed by atoms with Gasteiger partial charge in [0.25, 0.3) is 0 Å². The van der Waals surface area contributed by atoms with Crippen LogP contribution >= 0.6 is 11.5 Å². The van der Waals surface area contributed by atoms with Crippen LogP contribution in [-0.2, 0) is 13.0 Å². The maximum atomic E-state index is 8.85. The van der Waals surface area contributed by atoms with Gasteiger partial charge in [0.2, 0.25) is 0 Å². The van der Waals surface area contributed by atoms with Gasteiger partial charge in [-0.3, -0.25) is 0 Å². The van der Waals surface area contributed by atoms with E-state index in [0.29, 0.717) is 0 Å². The fourth-order valence-corrected chi connectivity index (χ4v) is 1.75. The Bertz CT molecular complexity index is 264. The van der Waals surface area contributed by atoms with Gasteiger partial charge in [-0.25, -0.2) is 0 Å². The van der Waals surface area contributed by atoms with Gasteiger partial charge in [0.05, 0.1) is 17.2 Å². The number of hydrogen-bond acceptors (Lipinski definition) is 5. The number of nitrogens with one attached hydrogen (secondary N) is 1. The summed E-state index contributed by atoms with van der Waals surface area (Å²) in [6, 6.07) is 0.131. The Morgan fingerprint density at radius 2 is 2.36 bits per heavy atom. The van der Waals surface area contributed by atoms with Crippen molar-refractivity contribution in [2.24, 2.45) is 0 Å². The summed E-state index contributed by atoms with van der Waals surface area (Å²) in [4.78, 5) is 1.19. The first kappa shape index (κ1) is 11.6. The van der Waals surface area contributed by atoms with Crippen molar-refractivity contribution in [2.75, 3.05) is 6.61 Å². The Labute approximate surface area is 88.5 Å². The van der Waals surface area contributed by atoms with E-state index in [1.54, 1.807) is 0 Å². The molecule has 0 bridgehead atoms. The van der Waals surface area contributed by atoms with Crippen molar-refractivity contribution in [3.63, 3.8) is 0 Å². The van der Waals surface area contributed by atoms with Gasteiger partial charge in [-0.05, 0) is 24.9 Å². The number of aryl methyl sites for hydroxylation is 1. The molecule has 4 nitrogen and oxygen atoms in total. The topological polar surface area (TPSA) is 58.0 Å². The predicted molar refractivity (Wildman–Crippen MR) is 57.3 cm³/mol. The maximum absolute atomic E-state index is 8.85. The molecule has 0 spiro atoms. The van der Waals surface area contributed by atoms with E-state index in [4.69, 9.17) is 5.11 Å². The van der Waals surface area contributed by atoms with Crippen LogP contribution in [0.15, 0.2) is 0 Å². The second-order valence-electron chi connectivity index (χ2n) is 3.36. The zero-order valence-electron chi connectivity index (χ0n) is 8.66. The first-order valence-corrected chi connectivity index (χ1v) is 5.69. The Balaban J connectivity index is 2.45. The van der Waals surface area contributed by atoms with E-state index in [-0.39, 0.29) is 12.6 Å². The summed E-state index contributed by atoms with van der Waals surface area (Å²) in [5.41, 5.74) is 1.09. The van der Waals surface area contributed by atoms with E-state index in [1.165, 1.54) is 16.4 Å². The van der Waals surface area contributed by atoms with Gasteiger partial charge >= 0.3 is 0 Å². The van der Waals surface area contributed by atoms with Crippen LogP contribution in [0.4, 0.5) is 0 Å². The molecule has 80 valence electrons. The van der Waals surface area contributed by atoms with Crippen LogP contribution in [0.25, 0.3) is 0 Å². The molecule has 0 fully saturated rings. The summed E-state index contributed by atoms with van der Waals surface area (Å²) >= 11 is 1.44. The molecular weight excluding hydrogens is 198 g/mol. The third kappa shape index (κ3) is 3.32. The number of aromatic nitrogens is 2. The van der Waals surface area contributed by atoms with Gasteiger partial charge in [0.15, 0.2) is 0 Å². The lowest BCUT2D eigenvalue weighted by molar-refractivity contribution is 0.251. The lowest BCUT2D eigenvalue weighted by atomic mass is 10.2. The van der Waals surface area contributed by atoms with E-state index >= 15 is 0 Å². The molecule has 1 heterocycles. The summed E-state index contributed by atoms with van der Waals surface area (Å²) < 4.78 is 3.93. The molecule has 0 amide bonds. The molecule has 0 aromatic carbocycles. The summed E-state index contributed by atoms with van der Waals surface area (Å²) in [5.74, 6) is 0. The van der Waals surface area contributed by atoms with Gasteiger partial charge in [-0.2, -0.15) is 0 Å². The number of aliphatic hydroxyl groups excluding tert-OH is 1. The molecule has 0 aliphatic carbocycles. The van der Waals surface area contributed by atoms with Gasteiger partial charge in [0.1, 0.15) is 0 Å². The molecule has 1 rings (SSSR count). The molecule has 5 heteroatoms. The van der Waals surface area contributed by atoms with Crippen LogP contribution in [0.2, 0.25) is 0 Å². The molecule has 1 aromatic heterocycles. The van der Waals surface area contributed by atoms with Gasteiger partial charge in [0, 0.05) is 12.6 Å². The maximum Gasteiger partial charge on any atom is 0.0800 e. The summed E-state index contributed by atoms with van der Waals surface area (Å²) in [6.45, 7) is 5.00. The van der Waals surface area contributed by atoms with Crippen molar-refractivity contribution in [3.05, 3.63) is 10.6 Å². The van der Waals surface area contributed by atoms with Crippen LogP contribution in [-0.4, -0.2) is 27.3 Å². The summed E-state index contributed by atoms with van der Waals surface area (Å²) in [6.07, 6.45) is 2.08. The molecule has 1 unspecified atom stereocenters. The zero-order chi connectivity index (χ0) is 10.4. The Morgan fingerprint density at radius 3 is 3.00 bits per heavy atom. The third-order valence-electron chi connectivity index (χ3n) is 2.01. The van der Waals surface area contributed by atoms with Crippen LogP contribution in [0.5, 0.6) is 0 Å². The molecule has 0 saturated heterocycles. The van der Waals surface area contributed by atoms with Gasteiger partial charge in [-0.15, -0.1) is 5.10 Å². The molecule has 1 atom stereocenters. The number of hydrogen-bond donors (Lipinski definition) is 2. The van der Waals surface area contributed by atoms with Crippen molar-refractivity contribution >= 4 is 11.5 Å². The highest BCUT2D eigenvalue weighted by atomic mass is 32.1. The molecule has 0 radical (unpaired) electrons. The fourth-order valence-electron chi connectivity index (χ4n) is 1.12. The molecule has 14 heavy (non-hydrogen) atoms. The van der Waals surface area contributed by atoms with E-state index in [2.05, 4.69) is 21.8 Å². The standard InChI is InChI=1S/C9H17N3OS/c1-3-4-8-9(14-12-11-8)5-10-7(2)6-13/h7,10,13H,3-6H2,1-2H3. The number of rotatable bonds is 6. The SMILES string of the molecule is CCCc1nnsc1CNC(C)CO. The van der Waals surface area contributed by atoms with E-state index < -0.39 is 0 Å². The number of aliphatic hydroxyl groups is 1. The largest absolute Gasteiger partial charge is 0.395 e. The molecule has 0 aliphatic rings. The Morgan fingerprint density at radius 1 is 1.57 bits per heavy atom. The van der Waals surface area contributed by atoms with Crippen LogP contribution in [0.1, 0.15) is 30.8 Å². The summed E-state index contributed by atoms with van der Waals surface area (Å²) in [5, 5.41) is 16.1. The van der Waals surface area contributed by atoms with E-state index in [9.17, 15) is 0 Å². The lowest BCUT2D eigenvalue weighted by Crippen LogP contribution is -2.28. The third-order valence-corrected chi connectivity index (χ3v) is 2.77. The smallest absolute Gasteiger partial charge is 0.0800 e. The second-order valence-corrected chi connectivity index (χ2v) is 4.20. The normalized spacial score (nSPS) is 13.1. The first-order valence-electron chi connectivity index (χ1n) is 4.92. The zero-order valence-corrected chi connectivity index (χ0v) is 9.47. The average molecular weight is 215 g/mol. The average Bonchev–Trinajstić information content (AvgIpc) is 2.62. The second kappa shape index (κ2) is 6.06. The van der Waals surface area contributed by atoms with Crippen LogP contribution < -0.4 is 5.32 Å². The monoisotopic (exact) mass is 215 g/mol. The molecule has 0 saturated carbocycles. The first-order chi connectivity index (χ1) is 6.77. The molecule has 2 N–H and O–H groups in total. The minimum Gasteiger partial charge on any atom is -0.395 e. The quantitative estimate of drug-likeness (QED) is 0.742. The molecule has 0 aliphatic heterocycles. The highest BCUT2D eigenvalue weighted by molar-refractivity contribution is 7.05. The number of nitrogens with zero attached hydrogens (tertiary/aromatic N) is 2. The van der Waals surface area contributed by atoms with Crippen molar-refractivity contribution in [2.45, 2.75) is 39.3 Å². The minimum atomic E-state index is 0.131. The van der Waals surface area contributed by atoms with E-state index in [1.807, 2.05) is 6.92 Å². The fraction of sp³-hybridized carbons (Fsp3) is 0.778. The van der Waals surface area contributed by atoms with Crippen LogP contribution in [0, 0.1) is 0 Å². The predicted octanol–water partition coefficient (Wildman–Crippen LogP) is 0.961. The summed E-state index contributed by atoms with van der Waals surface area (Å²) in [7, 11) is 0. The minimum absolute atomic E-state index is 0.131. The highest BCUT2D eigenvalue weighted by Gasteiger charge is 2.07. The molecular formula is C9H17N3OS. The van der Waals surface area contributed by atoms with Crippen molar-refractivity contribution in [1.82, 2.24) is 14.9 Å². The van der Waals surface area contributed by atoms with Crippen molar-refractivity contribution in [3.8, 4) is 0 Å². The Hall–Kier alpha value is -0.520. The van der Waals surface area contributed by atoms with Gasteiger partial charge in [-0.1, -0.05) is 17.8 Å². The molecule has 1 aromatic rings.